The Morgan fingerprint density at radius 3 is 2.67 bits per heavy atom. The lowest BCUT2D eigenvalue weighted by Crippen LogP contribution is -2.08. The number of alkyl halides is 1. The van der Waals surface area contributed by atoms with E-state index in [1.807, 2.05) is 12.3 Å². The van der Waals surface area contributed by atoms with Crippen LogP contribution in [0.15, 0.2) is 36.5 Å². The van der Waals surface area contributed by atoms with Gasteiger partial charge in [0.1, 0.15) is 5.82 Å². The first kappa shape index (κ1) is 14.1. The average Bonchev–Trinajstić information content (AvgIpc) is 2.82. The van der Waals surface area contributed by atoms with Gasteiger partial charge in [-0.2, -0.15) is 0 Å². The zero-order valence-electron chi connectivity index (χ0n) is 12.3. The van der Waals surface area contributed by atoms with E-state index in [0.29, 0.717) is 5.88 Å². The number of pyridine rings is 1. The third kappa shape index (κ3) is 2.66. The van der Waals surface area contributed by atoms with Crippen molar-refractivity contribution < 1.29 is 0 Å². The molecule has 0 spiro atoms. The molecule has 108 valence electrons. The molecule has 0 saturated carbocycles. The van der Waals surface area contributed by atoms with Crippen LogP contribution in [0.2, 0.25) is 0 Å². The lowest BCUT2D eigenvalue weighted by atomic mass is 10.2. The van der Waals surface area contributed by atoms with Crippen molar-refractivity contribution in [1.82, 2.24) is 14.5 Å². The third-order valence-corrected chi connectivity index (χ3v) is 3.99. The summed E-state index contributed by atoms with van der Waals surface area (Å²) in [6.07, 6.45) is 2.61. The Bertz CT molecular complexity index is 777. The van der Waals surface area contributed by atoms with Crippen LogP contribution < -0.4 is 0 Å². The molecule has 0 bridgehead atoms. The van der Waals surface area contributed by atoms with Crippen LogP contribution in [0.3, 0.4) is 0 Å². The first-order valence-corrected chi connectivity index (χ1v) is 7.65. The number of nitrogens with zero attached hydrogens (tertiary/aromatic N) is 3. The van der Waals surface area contributed by atoms with Gasteiger partial charge in [-0.05, 0) is 37.1 Å². The standard InChI is InChI=1S/C17H18ClN3/c1-12-6-4-10-19-14(12)11-21-15-7-3-5-13(2)17(15)20-16(21)8-9-18/h3-7,10H,8-9,11H2,1-2H3. The van der Waals surface area contributed by atoms with Gasteiger partial charge in [0.05, 0.1) is 23.3 Å². The van der Waals surface area contributed by atoms with Crippen molar-refractivity contribution >= 4 is 22.6 Å². The van der Waals surface area contributed by atoms with E-state index < -0.39 is 0 Å². The molecule has 2 aromatic heterocycles. The molecule has 0 amide bonds. The molecule has 0 fully saturated rings. The van der Waals surface area contributed by atoms with E-state index in [2.05, 4.69) is 47.7 Å². The Balaban J connectivity index is 2.13. The molecule has 0 atom stereocenters. The molecule has 0 saturated heterocycles. The number of rotatable bonds is 4. The van der Waals surface area contributed by atoms with E-state index in [-0.39, 0.29) is 0 Å². The van der Waals surface area contributed by atoms with Crippen LogP contribution in [0.1, 0.15) is 22.6 Å². The molecule has 0 aliphatic heterocycles. The van der Waals surface area contributed by atoms with Gasteiger partial charge in [0.25, 0.3) is 0 Å². The van der Waals surface area contributed by atoms with Gasteiger partial charge in [-0.15, -0.1) is 11.6 Å². The molecular weight excluding hydrogens is 282 g/mol. The molecule has 3 nitrogen and oxygen atoms in total. The SMILES string of the molecule is Cc1cccnc1Cn1c(CCCl)nc2c(C)cccc21. The van der Waals surface area contributed by atoms with E-state index in [9.17, 15) is 0 Å². The van der Waals surface area contributed by atoms with Crippen LogP contribution in [0, 0.1) is 13.8 Å². The van der Waals surface area contributed by atoms with Crippen LogP contribution >= 0.6 is 11.6 Å². The maximum Gasteiger partial charge on any atom is 0.111 e. The van der Waals surface area contributed by atoms with Crippen LogP contribution in [-0.2, 0) is 13.0 Å². The monoisotopic (exact) mass is 299 g/mol. The van der Waals surface area contributed by atoms with Crippen LogP contribution in [0.4, 0.5) is 0 Å². The molecule has 21 heavy (non-hydrogen) atoms. The molecule has 1 aromatic carbocycles. The number of aryl methyl sites for hydroxylation is 3. The second kappa shape index (κ2) is 5.86. The first-order chi connectivity index (χ1) is 10.2. The fraction of sp³-hybridized carbons (Fsp3) is 0.294. The summed E-state index contributed by atoms with van der Waals surface area (Å²) in [5.74, 6) is 1.60. The van der Waals surface area contributed by atoms with Gasteiger partial charge in [0.2, 0.25) is 0 Å². The van der Waals surface area contributed by atoms with Crippen molar-refractivity contribution in [2.75, 3.05) is 5.88 Å². The maximum absolute atomic E-state index is 5.94. The number of para-hydroxylation sites is 1. The Morgan fingerprint density at radius 1 is 1.10 bits per heavy atom. The molecule has 4 heteroatoms. The molecule has 3 rings (SSSR count). The zero-order valence-corrected chi connectivity index (χ0v) is 13.1. The number of aromatic nitrogens is 3. The van der Waals surface area contributed by atoms with E-state index >= 15 is 0 Å². The smallest absolute Gasteiger partial charge is 0.111 e. The van der Waals surface area contributed by atoms with Gasteiger partial charge < -0.3 is 4.57 Å². The molecule has 0 N–H and O–H groups in total. The topological polar surface area (TPSA) is 30.7 Å². The van der Waals surface area contributed by atoms with Crippen molar-refractivity contribution in [3.8, 4) is 0 Å². The summed E-state index contributed by atoms with van der Waals surface area (Å²) in [4.78, 5) is 9.28. The lowest BCUT2D eigenvalue weighted by Gasteiger charge is -2.10. The number of fused-ring (bicyclic) bond motifs is 1. The summed E-state index contributed by atoms with van der Waals surface area (Å²) in [5.41, 5.74) is 5.68. The van der Waals surface area contributed by atoms with Crippen molar-refractivity contribution in [2.45, 2.75) is 26.8 Å². The van der Waals surface area contributed by atoms with Crippen molar-refractivity contribution in [3.63, 3.8) is 0 Å². The van der Waals surface area contributed by atoms with Gasteiger partial charge in [-0.25, -0.2) is 4.98 Å². The predicted molar refractivity (Wildman–Crippen MR) is 87.0 cm³/mol. The number of imidazole rings is 1. The van der Waals surface area contributed by atoms with Crippen LogP contribution in [0.5, 0.6) is 0 Å². The van der Waals surface area contributed by atoms with Gasteiger partial charge in [0, 0.05) is 18.5 Å². The summed E-state index contributed by atoms with van der Waals surface area (Å²) in [5, 5.41) is 0. The highest BCUT2D eigenvalue weighted by atomic mass is 35.5. The van der Waals surface area contributed by atoms with Gasteiger partial charge in [-0.1, -0.05) is 18.2 Å². The highest BCUT2D eigenvalue weighted by Gasteiger charge is 2.13. The highest BCUT2D eigenvalue weighted by Crippen LogP contribution is 2.22. The van der Waals surface area contributed by atoms with E-state index in [1.165, 1.54) is 11.1 Å². The summed E-state index contributed by atoms with van der Waals surface area (Å²) in [6.45, 7) is 4.92. The average molecular weight is 300 g/mol. The number of hydrogen-bond acceptors (Lipinski definition) is 2. The van der Waals surface area contributed by atoms with Crippen LogP contribution in [-0.4, -0.2) is 20.4 Å². The zero-order chi connectivity index (χ0) is 14.8. The normalized spacial score (nSPS) is 11.2. The number of halogens is 1. The summed E-state index contributed by atoms with van der Waals surface area (Å²) in [6, 6.07) is 10.3. The van der Waals surface area contributed by atoms with Crippen molar-refractivity contribution in [2.24, 2.45) is 0 Å². The molecule has 0 radical (unpaired) electrons. The Kier molecular flexibility index (Phi) is 3.93. The van der Waals surface area contributed by atoms with Gasteiger partial charge >= 0.3 is 0 Å². The third-order valence-electron chi connectivity index (χ3n) is 3.80. The Morgan fingerprint density at radius 2 is 1.90 bits per heavy atom. The fourth-order valence-electron chi connectivity index (χ4n) is 2.62. The quantitative estimate of drug-likeness (QED) is 0.685. The summed E-state index contributed by atoms with van der Waals surface area (Å²) in [7, 11) is 0. The predicted octanol–water partition coefficient (Wildman–Crippen LogP) is 3.88. The minimum absolute atomic E-state index is 0.573. The van der Waals surface area contributed by atoms with E-state index in [0.717, 1.165) is 35.5 Å². The van der Waals surface area contributed by atoms with Crippen molar-refractivity contribution in [3.05, 3.63) is 59.2 Å². The number of benzene rings is 1. The number of hydrogen-bond donors (Lipinski definition) is 0. The fourth-order valence-corrected chi connectivity index (χ4v) is 2.79. The Labute approximate surface area is 129 Å². The van der Waals surface area contributed by atoms with Crippen molar-refractivity contribution in [1.29, 1.82) is 0 Å². The minimum atomic E-state index is 0.573. The second-order valence-corrected chi connectivity index (χ2v) is 5.64. The maximum atomic E-state index is 5.94. The molecule has 0 aliphatic rings. The van der Waals surface area contributed by atoms with E-state index in [1.54, 1.807) is 0 Å². The molecular formula is C17H18ClN3. The Hall–Kier alpha value is -1.87. The minimum Gasteiger partial charge on any atom is -0.322 e. The highest BCUT2D eigenvalue weighted by molar-refractivity contribution is 6.17. The van der Waals surface area contributed by atoms with Crippen LogP contribution in [0.25, 0.3) is 11.0 Å². The molecule has 0 aliphatic carbocycles. The van der Waals surface area contributed by atoms with Gasteiger partial charge in [-0.3, -0.25) is 4.98 Å². The first-order valence-electron chi connectivity index (χ1n) is 7.12. The molecule has 3 aromatic rings. The molecule has 0 unspecified atom stereocenters. The van der Waals surface area contributed by atoms with Gasteiger partial charge in [0.15, 0.2) is 0 Å². The summed E-state index contributed by atoms with van der Waals surface area (Å²) >= 11 is 5.94. The lowest BCUT2D eigenvalue weighted by molar-refractivity contribution is 0.733. The largest absolute Gasteiger partial charge is 0.322 e. The second-order valence-electron chi connectivity index (χ2n) is 5.26. The molecule has 2 heterocycles. The summed E-state index contributed by atoms with van der Waals surface area (Å²) < 4.78 is 2.24. The van der Waals surface area contributed by atoms with E-state index in [4.69, 9.17) is 16.6 Å².